The molecule has 1 saturated carbocycles. The van der Waals surface area contributed by atoms with Gasteiger partial charge in [-0.1, -0.05) is 23.7 Å². The highest BCUT2D eigenvalue weighted by Gasteiger charge is 2.28. The number of ether oxygens (including phenoxy) is 1. The Labute approximate surface area is 179 Å². The number of halogens is 2. The molecule has 0 aromatic heterocycles. The lowest BCUT2D eigenvalue weighted by atomic mass is 9.85. The quantitative estimate of drug-likeness (QED) is 0.736. The Morgan fingerprint density at radius 3 is 2.67 bits per heavy atom. The van der Waals surface area contributed by atoms with Gasteiger partial charge >= 0.3 is 0 Å². The Morgan fingerprint density at radius 2 is 1.90 bits per heavy atom. The molecule has 0 unspecified atom stereocenters. The standard InChI is InChI=1S/C23H24ClFN2O3/c24-19-13-16(25)8-11-20(19)27-22(28)15-6-9-17(10-7-15)26-23(29)18-5-1-3-14-4-2-12-30-21(14)18/h1,3,5,8,11,13,15,17H,2,4,6-7,9-10,12H2,(H,26,29)(H,27,28). The number of aryl methyl sites for hydroxylation is 1. The molecule has 0 bridgehead atoms. The molecule has 2 aliphatic rings. The van der Waals surface area contributed by atoms with E-state index in [0.717, 1.165) is 31.2 Å². The highest BCUT2D eigenvalue weighted by Crippen LogP contribution is 2.31. The Hall–Kier alpha value is -2.60. The average molecular weight is 431 g/mol. The Kier molecular flexibility index (Phi) is 6.23. The molecule has 1 aliphatic heterocycles. The number of para-hydroxylation sites is 1. The first-order chi connectivity index (χ1) is 14.5. The van der Waals surface area contributed by atoms with Crippen molar-refractivity contribution in [3.8, 4) is 5.75 Å². The minimum atomic E-state index is -0.445. The maximum absolute atomic E-state index is 13.2. The molecule has 30 heavy (non-hydrogen) atoms. The van der Waals surface area contributed by atoms with Crippen LogP contribution in [-0.4, -0.2) is 24.5 Å². The number of anilines is 1. The van der Waals surface area contributed by atoms with E-state index in [-0.39, 0.29) is 28.8 Å². The van der Waals surface area contributed by atoms with Gasteiger partial charge in [0, 0.05) is 12.0 Å². The number of hydrogen-bond acceptors (Lipinski definition) is 3. The van der Waals surface area contributed by atoms with Crippen LogP contribution < -0.4 is 15.4 Å². The van der Waals surface area contributed by atoms with Crippen LogP contribution in [0.2, 0.25) is 5.02 Å². The smallest absolute Gasteiger partial charge is 0.255 e. The van der Waals surface area contributed by atoms with Crippen molar-refractivity contribution < 1.29 is 18.7 Å². The van der Waals surface area contributed by atoms with E-state index in [4.69, 9.17) is 16.3 Å². The van der Waals surface area contributed by atoms with E-state index >= 15 is 0 Å². The van der Waals surface area contributed by atoms with Crippen molar-refractivity contribution >= 4 is 29.1 Å². The summed E-state index contributed by atoms with van der Waals surface area (Å²) in [4.78, 5) is 25.3. The van der Waals surface area contributed by atoms with Crippen molar-refractivity contribution in [2.24, 2.45) is 5.92 Å². The lowest BCUT2D eigenvalue weighted by Gasteiger charge is -2.29. The van der Waals surface area contributed by atoms with Gasteiger partial charge in [-0.2, -0.15) is 0 Å². The van der Waals surface area contributed by atoms with Crippen molar-refractivity contribution in [3.63, 3.8) is 0 Å². The number of nitrogens with one attached hydrogen (secondary N) is 2. The van der Waals surface area contributed by atoms with Crippen molar-refractivity contribution in [2.75, 3.05) is 11.9 Å². The fourth-order valence-corrected chi connectivity index (χ4v) is 4.37. The zero-order chi connectivity index (χ0) is 21.1. The minimum absolute atomic E-state index is 0.0235. The lowest BCUT2D eigenvalue weighted by Crippen LogP contribution is -2.39. The van der Waals surface area contributed by atoms with Crippen LogP contribution in [0.3, 0.4) is 0 Å². The van der Waals surface area contributed by atoms with E-state index in [0.29, 0.717) is 36.4 Å². The summed E-state index contributed by atoms with van der Waals surface area (Å²) in [5.74, 6) is -0.157. The molecule has 7 heteroatoms. The van der Waals surface area contributed by atoms with Gasteiger partial charge < -0.3 is 15.4 Å². The molecule has 1 fully saturated rings. The normalized spacial score (nSPS) is 20.6. The second kappa shape index (κ2) is 9.04. The summed E-state index contributed by atoms with van der Waals surface area (Å²) in [6.07, 6.45) is 4.66. The van der Waals surface area contributed by atoms with Gasteiger partial charge in [-0.05, 0) is 68.4 Å². The molecule has 1 aliphatic carbocycles. The summed E-state index contributed by atoms with van der Waals surface area (Å²) >= 11 is 5.99. The predicted octanol–water partition coefficient (Wildman–Crippen LogP) is 4.73. The van der Waals surface area contributed by atoms with Crippen LogP contribution in [0.25, 0.3) is 0 Å². The van der Waals surface area contributed by atoms with E-state index in [1.165, 1.54) is 18.2 Å². The average Bonchev–Trinajstić information content (AvgIpc) is 2.75. The summed E-state index contributed by atoms with van der Waals surface area (Å²) in [5.41, 5.74) is 2.07. The van der Waals surface area contributed by atoms with E-state index in [1.807, 2.05) is 12.1 Å². The molecule has 158 valence electrons. The Morgan fingerprint density at radius 1 is 1.10 bits per heavy atom. The van der Waals surface area contributed by atoms with Crippen LogP contribution in [0, 0.1) is 11.7 Å². The second-order valence-corrected chi connectivity index (χ2v) is 8.29. The number of hydrogen-bond donors (Lipinski definition) is 2. The maximum Gasteiger partial charge on any atom is 0.255 e. The zero-order valence-electron chi connectivity index (χ0n) is 16.5. The summed E-state index contributed by atoms with van der Waals surface area (Å²) in [7, 11) is 0. The van der Waals surface area contributed by atoms with Crippen molar-refractivity contribution in [3.05, 3.63) is 58.4 Å². The van der Waals surface area contributed by atoms with Crippen LogP contribution >= 0.6 is 11.6 Å². The van der Waals surface area contributed by atoms with Crippen molar-refractivity contribution in [1.82, 2.24) is 5.32 Å². The molecule has 0 saturated heterocycles. The molecule has 5 nitrogen and oxygen atoms in total. The van der Waals surface area contributed by atoms with Gasteiger partial charge in [0.25, 0.3) is 5.91 Å². The zero-order valence-corrected chi connectivity index (χ0v) is 17.3. The SMILES string of the molecule is O=C(NC1CCC(C(=O)Nc2ccc(F)cc2Cl)CC1)c1cccc2c1OCCC2. The lowest BCUT2D eigenvalue weighted by molar-refractivity contribution is -0.120. The topological polar surface area (TPSA) is 67.4 Å². The molecule has 2 aromatic rings. The fraction of sp³-hybridized carbons (Fsp3) is 0.391. The van der Waals surface area contributed by atoms with Gasteiger partial charge in [-0.15, -0.1) is 0 Å². The highest BCUT2D eigenvalue weighted by molar-refractivity contribution is 6.33. The molecular weight excluding hydrogens is 407 g/mol. The predicted molar refractivity (Wildman–Crippen MR) is 114 cm³/mol. The third-order valence-electron chi connectivity index (χ3n) is 5.80. The first-order valence-corrected chi connectivity index (χ1v) is 10.7. The first-order valence-electron chi connectivity index (χ1n) is 10.3. The summed E-state index contributed by atoms with van der Waals surface area (Å²) in [5, 5.41) is 6.06. The first kappa shape index (κ1) is 20.7. The number of carbonyl (C=O) groups excluding carboxylic acids is 2. The van der Waals surface area contributed by atoms with Crippen LogP contribution in [-0.2, 0) is 11.2 Å². The van der Waals surface area contributed by atoms with Crippen molar-refractivity contribution in [2.45, 2.75) is 44.6 Å². The van der Waals surface area contributed by atoms with Crippen LogP contribution in [0.15, 0.2) is 36.4 Å². The highest BCUT2D eigenvalue weighted by atomic mass is 35.5. The number of benzene rings is 2. The monoisotopic (exact) mass is 430 g/mol. The molecule has 0 radical (unpaired) electrons. The van der Waals surface area contributed by atoms with Gasteiger partial charge in [0.1, 0.15) is 11.6 Å². The van der Waals surface area contributed by atoms with E-state index < -0.39 is 5.82 Å². The number of amides is 2. The fourth-order valence-electron chi connectivity index (χ4n) is 4.16. The van der Waals surface area contributed by atoms with E-state index in [9.17, 15) is 14.0 Å². The third kappa shape index (κ3) is 4.59. The van der Waals surface area contributed by atoms with Crippen LogP contribution in [0.4, 0.5) is 10.1 Å². The molecule has 1 heterocycles. The summed E-state index contributed by atoms with van der Waals surface area (Å²) in [6.45, 7) is 0.635. The molecule has 2 aromatic carbocycles. The molecule has 4 rings (SSSR count). The summed E-state index contributed by atoms with van der Waals surface area (Å²) < 4.78 is 18.9. The van der Waals surface area contributed by atoms with Crippen LogP contribution in [0.5, 0.6) is 5.75 Å². The number of carbonyl (C=O) groups is 2. The second-order valence-electron chi connectivity index (χ2n) is 7.88. The molecule has 2 N–H and O–H groups in total. The van der Waals surface area contributed by atoms with Crippen molar-refractivity contribution in [1.29, 1.82) is 0 Å². The van der Waals surface area contributed by atoms with E-state index in [1.54, 1.807) is 6.07 Å². The van der Waals surface area contributed by atoms with Gasteiger partial charge in [0.2, 0.25) is 5.91 Å². The summed E-state index contributed by atoms with van der Waals surface area (Å²) in [6, 6.07) is 9.62. The minimum Gasteiger partial charge on any atom is -0.492 e. The largest absolute Gasteiger partial charge is 0.492 e. The number of fused-ring (bicyclic) bond motifs is 1. The van der Waals surface area contributed by atoms with Crippen LogP contribution in [0.1, 0.15) is 48.0 Å². The number of rotatable bonds is 4. The molecular formula is C23H24ClFN2O3. The molecule has 0 spiro atoms. The Balaban J connectivity index is 1.31. The molecule has 2 amide bonds. The third-order valence-corrected chi connectivity index (χ3v) is 6.11. The van der Waals surface area contributed by atoms with Gasteiger partial charge in [-0.25, -0.2) is 4.39 Å². The molecule has 0 atom stereocenters. The Bertz CT molecular complexity index is 957. The van der Waals surface area contributed by atoms with E-state index in [2.05, 4.69) is 10.6 Å². The van der Waals surface area contributed by atoms with Gasteiger partial charge in [0.05, 0.1) is 22.9 Å². The van der Waals surface area contributed by atoms with Gasteiger partial charge in [-0.3, -0.25) is 9.59 Å². The van der Waals surface area contributed by atoms with Gasteiger partial charge in [0.15, 0.2) is 0 Å². The maximum atomic E-state index is 13.2.